The molecule has 0 amide bonds. The molecule has 0 aliphatic carbocycles. The zero-order valence-electron chi connectivity index (χ0n) is 14.2. The molecule has 0 unspecified atom stereocenters. The first kappa shape index (κ1) is 34.4. The Kier molecular flexibility index (Phi) is 46.5. The molecule has 4 nitrogen and oxygen atoms in total. The Morgan fingerprint density at radius 3 is 0.900 bits per heavy atom. The van der Waals surface area contributed by atoms with Crippen LogP contribution in [-0.2, 0) is 4.57 Å². The third kappa shape index (κ3) is 58.2. The molecule has 0 aliphatic rings. The van der Waals surface area contributed by atoms with E-state index in [0.717, 1.165) is 0 Å². The van der Waals surface area contributed by atoms with Gasteiger partial charge in [0.25, 0.3) is 0 Å². The molecule has 0 saturated carbocycles. The van der Waals surface area contributed by atoms with Crippen molar-refractivity contribution in [2.24, 2.45) is 0 Å². The van der Waals surface area contributed by atoms with E-state index >= 15 is 0 Å². The van der Waals surface area contributed by atoms with Crippen molar-refractivity contribution < 1.29 is 108 Å². The minimum Gasteiger partial charge on any atom is -0.822 e. The van der Waals surface area contributed by atoms with Gasteiger partial charge in [-0.2, -0.15) is 7.82 Å². The summed E-state index contributed by atoms with van der Waals surface area (Å²) in [5.41, 5.74) is 0. The van der Waals surface area contributed by atoms with Crippen molar-refractivity contribution in [2.45, 2.75) is 78.1 Å². The largest absolute Gasteiger partial charge is 1.00 e. The van der Waals surface area contributed by atoms with E-state index in [1.807, 2.05) is 0 Å². The van der Waals surface area contributed by atoms with Crippen LogP contribution in [0.4, 0.5) is 0 Å². The van der Waals surface area contributed by atoms with Gasteiger partial charge in [-0.1, -0.05) is 78.1 Å². The van der Waals surface area contributed by atoms with Gasteiger partial charge in [0.15, 0.2) is 0 Å². The van der Waals surface area contributed by atoms with Crippen molar-refractivity contribution in [1.29, 1.82) is 0 Å². The first-order valence-electron chi connectivity index (χ1n) is 6.64. The van der Waals surface area contributed by atoms with Crippen molar-refractivity contribution in [1.82, 2.24) is 0 Å². The van der Waals surface area contributed by atoms with Gasteiger partial charge < -0.3 is 19.2 Å². The van der Waals surface area contributed by atoms with Crippen molar-refractivity contribution in [3.8, 4) is 0 Å². The normalized spacial score (nSPS) is 9.25. The van der Waals surface area contributed by atoms with Gasteiger partial charge in [0.05, 0.1) is 0 Å². The summed E-state index contributed by atoms with van der Waals surface area (Å²) >= 11 is 0. The average molecular weight is 334 g/mol. The molecule has 20 heavy (non-hydrogen) atoms. The van der Waals surface area contributed by atoms with Gasteiger partial charge in [-0.3, -0.25) is 0 Å². The molecule has 0 radical (unpaired) electrons. The fourth-order valence-electron chi connectivity index (χ4n) is 1.56. The van der Waals surface area contributed by atoms with E-state index in [0.29, 0.717) is 0 Å². The Labute approximate surface area is 191 Å². The van der Waals surface area contributed by atoms with Crippen molar-refractivity contribution in [3.63, 3.8) is 0 Å². The van der Waals surface area contributed by atoms with Gasteiger partial charge in [-0.15, -0.1) is 0 Å². The van der Waals surface area contributed by atoms with Crippen LogP contribution in [0.5, 0.6) is 0 Å². The molecular formula is C12H26Na3O4P. The van der Waals surface area contributed by atoms with Crippen LogP contribution in [0.1, 0.15) is 78.1 Å². The number of hydrogen-bond acceptors (Lipinski definition) is 4. The van der Waals surface area contributed by atoms with Gasteiger partial charge in [0, 0.05) is 0 Å². The first-order valence-corrected chi connectivity index (χ1v) is 8.11. The number of phosphoric acid groups is 1. The fraction of sp³-hybridized carbons (Fsp3) is 1.00. The molecule has 8 heteroatoms. The molecule has 0 rings (SSSR count). The van der Waals surface area contributed by atoms with E-state index in [4.69, 9.17) is 19.2 Å². The predicted octanol–water partition coefficient (Wildman–Crippen LogP) is -6.89. The molecule has 0 fully saturated rings. The summed E-state index contributed by atoms with van der Waals surface area (Å²) in [6, 6.07) is 0. The maximum absolute atomic E-state index is 8.55. The Balaban J connectivity index is -0.0000000821. The summed E-state index contributed by atoms with van der Waals surface area (Å²) < 4.78 is 8.55. The fourth-order valence-corrected chi connectivity index (χ4v) is 1.56. The predicted molar refractivity (Wildman–Crippen MR) is 65.1 cm³/mol. The van der Waals surface area contributed by atoms with Crippen LogP contribution >= 0.6 is 7.82 Å². The standard InChI is InChI=1S/C12H26.3Na.H3O4P/c1-3-5-7-9-11-12-10-8-6-4-2;;;;1-5(2,3)4/h3-12H2,1-2H3;;;;(H3,1,2,3,4)/q;3*+1;/p-3. The van der Waals surface area contributed by atoms with Crippen molar-refractivity contribution >= 4 is 7.82 Å². The van der Waals surface area contributed by atoms with Gasteiger partial charge >= 0.3 is 88.7 Å². The summed E-state index contributed by atoms with van der Waals surface area (Å²) in [7, 11) is -5.39. The number of rotatable bonds is 9. The zero-order chi connectivity index (χ0) is 13.6. The molecule has 0 aromatic rings. The number of hydrogen-bond donors (Lipinski definition) is 0. The van der Waals surface area contributed by atoms with E-state index in [1.165, 1.54) is 64.2 Å². The van der Waals surface area contributed by atoms with Crippen molar-refractivity contribution in [2.75, 3.05) is 0 Å². The third-order valence-electron chi connectivity index (χ3n) is 2.46. The minimum absolute atomic E-state index is 0. The van der Waals surface area contributed by atoms with Gasteiger partial charge in [-0.05, 0) is 0 Å². The van der Waals surface area contributed by atoms with E-state index < -0.39 is 7.82 Å². The van der Waals surface area contributed by atoms with E-state index in [1.54, 1.807) is 0 Å². The van der Waals surface area contributed by atoms with E-state index in [2.05, 4.69) is 13.8 Å². The Morgan fingerprint density at radius 1 is 0.600 bits per heavy atom. The van der Waals surface area contributed by atoms with Gasteiger partial charge in [0.1, 0.15) is 0 Å². The molecule has 0 aromatic heterocycles. The van der Waals surface area contributed by atoms with Crippen LogP contribution < -0.4 is 103 Å². The summed E-state index contributed by atoms with van der Waals surface area (Å²) in [6.45, 7) is 4.56. The molecule has 0 N–H and O–H groups in total. The van der Waals surface area contributed by atoms with Crippen LogP contribution in [-0.4, -0.2) is 0 Å². The molecule has 0 bridgehead atoms. The molecule has 0 heterocycles. The van der Waals surface area contributed by atoms with Crippen molar-refractivity contribution in [3.05, 3.63) is 0 Å². The first-order chi connectivity index (χ1) is 7.91. The van der Waals surface area contributed by atoms with Gasteiger partial charge in [-0.25, -0.2) is 0 Å². The number of unbranched alkanes of at least 4 members (excludes halogenated alkanes) is 9. The quantitative estimate of drug-likeness (QED) is 0.238. The minimum atomic E-state index is -5.39. The third-order valence-corrected chi connectivity index (χ3v) is 2.46. The SMILES string of the molecule is CCCCCCCCCCCC.O=P([O-])([O-])[O-].[Na+].[Na+].[Na+]. The molecule has 106 valence electrons. The summed E-state index contributed by atoms with van der Waals surface area (Å²) in [5, 5.41) is 0. The second kappa shape index (κ2) is 27.0. The van der Waals surface area contributed by atoms with Crippen LogP contribution in [0.25, 0.3) is 0 Å². The van der Waals surface area contributed by atoms with Gasteiger partial charge in [0.2, 0.25) is 0 Å². The topological polar surface area (TPSA) is 86.2 Å². The molecule has 0 atom stereocenters. The molecule has 0 spiro atoms. The summed E-state index contributed by atoms with van der Waals surface area (Å²) in [6.07, 6.45) is 14.4. The average Bonchev–Trinajstić information content (AvgIpc) is 2.20. The Hall–Kier alpha value is 3.11. The van der Waals surface area contributed by atoms with Crippen LogP contribution in [0.15, 0.2) is 0 Å². The second-order valence-electron chi connectivity index (χ2n) is 4.28. The molecule has 0 aliphatic heterocycles. The smallest absolute Gasteiger partial charge is 0.822 e. The second-order valence-corrected chi connectivity index (χ2v) is 5.17. The Morgan fingerprint density at radius 2 is 0.750 bits per heavy atom. The van der Waals surface area contributed by atoms with E-state index in [9.17, 15) is 0 Å². The molecule has 0 aromatic carbocycles. The van der Waals surface area contributed by atoms with E-state index in [-0.39, 0.29) is 88.7 Å². The molecular weight excluding hydrogens is 308 g/mol. The zero-order valence-corrected chi connectivity index (χ0v) is 21.0. The van der Waals surface area contributed by atoms with Crippen LogP contribution in [0.2, 0.25) is 0 Å². The summed E-state index contributed by atoms with van der Waals surface area (Å²) in [4.78, 5) is 25.6. The molecule has 0 saturated heterocycles. The summed E-state index contributed by atoms with van der Waals surface area (Å²) in [5.74, 6) is 0. The maximum Gasteiger partial charge on any atom is 1.00 e. The Bertz CT molecular complexity index is 173. The van der Waals surface area contributed by atoms with Crippen LogP contribution in [0, 0.1) is 0 Å². The monoisotopic (exact) mass is 334 g/mol. The maximum atomic E-state index is 8.55. The van der Waals surface area contributed by atoms with Crippen LogP contribution in [0.3, 0.4) is 0 Å².